The second-order valence-electron chi connectivity index (χ2n) is 6.82. The molecule has 1 aliphatic rings. The van der Waals surface area contributed by atoms with Crippen LogP contribution in [0, 0.1) is 0 Å². The quantitative estimate of drug-likeness (QED) is 0.482. The molecule has 0 spiro atoms. The Morgan fingerprint density at radius 3 is 2.61 bits per heavy atom. The second-order valence-corrected chi connectivity index (χ2v) is 8.33. The standard InChI is InChI=1S/C17H26N2O2S2/c1-5-21-15(20)13-11-9-7-6-8-10-12(11)23-14(13)18-16(22)19-17(2,3)4/h5-10H2,1-4H3,(H2,18,19,22). The average molecular weight is 355 g/mol. The van der Waals surface area contributed by atoms with Crippen LogP contribution in [0.1, 0.15) is 67.8 Å². The number of thiophene rings is 1. The Morgan fingerprint density at radius 1 is 1.26 bits per heavy atom. The third kappa shape index (κ3) is 4.91. The lowest BCUT2D eigenvalue weighted by Crippen LogP contribution is -2.43. The Morgan fingerprint density at radius 2 is 1.96 bits per heavy atom. The first-order valence-electron chi connectivity index (χ1n) is 8.22. The molecule has 0 saturated heterocycles. The molecular formula is C17H26N2O2S2. The van der Waals surface area contributed by atoms with Gasteiger partial charge in [-0.15, -0.1) is 11.3 Å². The van der Waals surface area contributed by atoms with Crippen LogP contribution in [0.25, 0.3) is 0 Å². The number of carbonyl (C=O) groups is 1. The number of ether oxygens (including phenoxy) is 1. The number of hydrogen-bond donors (Lipinski definition) is 2. The van der Waals surface area contributed by atoms with Crippen LogP contribution in [-0.4, -0.2) is 23.2 Å². The molecule has 0 radical (unpaired) electrons. The molecule has 6 heteroatoms. The summed E-state index contributed by atoms with van der Waals surface area (Å²) in [7, 11) is 0. The summed E-state index contributed by atoms with van der Waals surface area (Å²) in [5.74, 6) is -0.243. The maximum absolute atomic E-state index is 12.5. The zero-order valence-corrected chi connectivity index (χ0v) is 16.0. The summed E-state index contributed by atoms with van der Waals surface area (Å²) in [4.78, 5) is 13.8. The van der Waals surface area contributed by atoms with Crippen molar-refractivity contribution in [3.63, 3.8) is 0 Å². The highest BCUT2D eigenvalue weighted by molar-refractivity contribution is 7.80. The number of anilines is 1. The minimum atomic E-state index is -0.243. The summed E-state index contributed by atoms with van der Waals surface area (Å²) in [6.07, 6.45) is 5.51. The monoisotopic (exact) mass is 354 g/mol. The third-order valence-corrected chi connectivity index (χ3v) is 5.03. The topological polar surface area (TPSA) is 50.4 Å². The van der Waals surface area contributed by atoms with Crippen LogP contribution < -0.4 is 10.6 Å². The van der Waals surface area contributed by atoms with Gasteiger partial charge in [0.2, 0.25) is 0 Å². The Hall–Kier alpha value is -1.14. The van der Waals surface area contributed by atoms with Gasteiger partial charge in [0, 0.05) is 10.4 Å². The van der Waals surface area contributed by atoms with Crippen molar-refractivity contribution < 1.29 is 9.53 Å². The summed E-state index contributed by atoms with van der Waals surface area (Å²) in [5, 5.41) is 7.81. The predicted octanol–water partition coefficient (Wildman–Crippen LogP) is 4.28. The van der Waals surface area contributed by atoms with Crippen molar-refractivity contribution in [3.05, 3.63) is 16.0 Å². The highest BCUT2D eigenvalue weighted by Gasteiger charge is 2.26. The van der Waals surface area contributed by atoms with Gasteiger partial charge in [0.15, 0.2) is 5.11 Å². The van der Waals surface area contributed by atoms with Gasteiger partial charge >= 0.3 is 5.97 Å². The first-order chi connectivity index (χ1) is 10.8. The van der Waals surface area contributed by atoms with Crippen LogP contribution in [0.5, 0.6) is 0 Å². The van der Waals surface area contributed by atoms with E-state index < -0.39 is 0 Å². The number of carbonyl (C=O) groups excluding carboxylic acids is 1. The van der Waals surface area contributed by atoms with Gasteiger partial charge in [0.25, 0.3) is 0 Å². The van der Waals surface area contributed by atoms with E-state index in [1.165, 1.54) is 17.7 Å². The van der Waals surface area contributed by atoms with Gasteiger partial charge in [-0.2, -0.15) is 0 Å². The number of aryl methyl sites for hydroxylation is 1. The van der Waals surface area contributed by atoms with E-state index in [1.54, 1.807) is 11.3 Å². The van der Waals surface area contributed by atoms with E-state index in [1.807, 2.05) is 6.92 Å². The number of thiocarbonyl (C=S) groups is 1. The Kier molecular flexibility index (Phi) is 6.03. The lowest BCUT2D eigenvalue weighted by atomic mass is 10.1. The number of nitrogens with one attached hydrogen (secondary N) is 2. The van der Waals surface area contributed by atoms with Gasteiger partial charge in [-0.25, -0.2) is 4.79 Å². The van der Waals surface area contributed by atoms with Crippen molar-refractivity contribution >= 4 is 39.6 Å². The molecule has 1 aliphatic carbocycles. The fourth-order valence-corrected chi connectivity index (χ4v) is 4.48. The van der Waals surface area contributed by atoms with E-state index in [0.717, 1.165) is 29.8 Å². The fraction of sp³-hybridized carbons (Fsp3) is 0.647. The Labute approximate surface area is 148 Å². The number of fused-ring (bicyclic) bond motifs is 1. The molecule has 4 nitrogen and oxygen atoms in total. The zero-order chi connectivity index (χ0) is 17.0. The first-order valence-corrected chi connectivity index (χ1v) is 9.45. The van der Waals surface area contributed by atoms with Crippen LogP contribution in [-0.2, 0) is 17.6 Å². The molecule has 0 atom stereocenters. The molecule has 1 heterocycles. The maximum Gasteiger partial charge on any atom is 0.341 e. The summed E-state index contributed by atoms with van der Waals surface area (Å²) in [6.45, 7) is 8.37. The van der Waals surface area contributed by atoms with Crippen molar-refractivity contribution in [1.82, 2.24) is 5.32 Å². The van der Waals surface area contributed by atoms with Gasteiger partial charge in [-0.1, -0.05) is 6.42 Å². The molecule has 23 heavy (non-hydrogen) atoms. The summed E-state index contributed by atoms with van der Waals surface area (Å²) in [5.41, 5.74) is 1.72. The van der Waals surface area contributed by atoms with E-state index in [0.29, 0.717) is 17.3 Å². The van der Waals surface area contributed by atoms with Gasteiger partial charge in [0.1, 0.15) is 5.00 Å². The minimum Gasteiger partial charge on any atom is -0.462 e. The molecular weight excluding hydrogens is 328 g/mol. The molecule has 0 fully saturated rings. The largest absolute Gasteiger partial charge is 0.462 e. The average Bonchev–Trinajstić information content (AvgIpc) is 2.59. The van der Waals surface area contributed by atoms with Crippen LogP contribution >= 0.6 is 23.6 Å². The molecule has 0 saturated carbocycles. The van der Waals surface area contributed by atoms with E-state index in [-0.39, 0.29) is 11.5 Å². The number of hydrogen-bond acceptors (Lipinski definition) is 4. The maximum atomic E-state index is 12.5. The molecule has 2 rings (SSSR count). The van der Waals surface area contributed by atoms with Crippen LogP contribution in [0.15, 0.2) is 0 Å². The second kappa shape index (κ2) is 7.62. The van der Waals surface area contributed by atoms with Crippen molar-refractivity contribution in [3.8, 4) is 0 Å². The zero-order valence-electron chi connectivity index (χ0n) is 14.4. The van der Waals surface area contributed by atoms with Gasteiger partial charge < -0.3 is 15.4 Å². The number of rotatable bonds is 3. The molecule has 0 aromatic carbocycles. The van der Waals surface area contributed by atoms with Crippen molar-refractivity contribution in [2.24, 2.45) is 0 Å². The third-order valence-electron chi connectivity index (χ3n) is 3.62. The Balaban J connectivity index is 2.30. The summed E-state index contributed by atoms with van der Waals surface area (Å²) in [6, 6.07) is 0. The van der Waals surface area contributed by atoms with Crippen molar-refractivity contribution in [2.75, 3.05) is 11.9 Å². The number of esters is 1. The van der Waals surface area contributed by atoms with Crippen LogP contribution in [0.3, 0.4) is 0 Å². The Bertz CT molecular complexity index is 588. The smallest absolute Gasteiger partial charge is 0.341 e. The van der Waals surface area contributed by atoms with Crippen molar-refractivity contribution in [2.45, 2.75) is 65.3 Å². The SMILES string of the molecule is CCOC(=O)c1c(NC(=S)NC(C)(C)C)sc2c1CCCCC2. The van der Waals surface area contributed by atoms with Crippen LogP contribution in [0.2, 0.25) is 0 Å². The lowest BCUT2D eigenvalue weighted by Gasteiger charge is -2.23. The first kappa shape index (κ1) is 18.2. The molecule has 0 unspecified atom stereocenters. The minimum absolute atomic E-state index is 0.122. The molecule has 0 aliphatic heterocycles. The van der Waals surface area contributed by atoms with Gasteiger partial charge in [-0.3, -0.25) is 0 Å². The molecule has 128 valence electrons. The van der Waals surface area contributed by atoms with E-state index in [2.05, 4.69) is 31.4 Å². The molecule has 2 N–H and O–H groups in total. The lowest BCUT2D eigenvalue weighted by molar-refractivity contribution is 0.0527. The fourth-order valence-electron chi connectivity index (χ4n) is 2.72. The normalized spacial score (nSPS) is 14.6. The van der Waals surface area contributed by atoms with Gasteiger partial charge in [0.05, 0.1) is 12.2 Å². The molecule has 0 amide bonds. The molecule has 0 bridgehead atoms. The summed E-state index contributed by atoms with van der Waals surface area (Å²) < 4.78 is 5.28. The molecule has 1 aromatic heterocycles. The highest BCUT2D eigenvalue weighted by Crippen LogP contribution is 2.38. The van der Waals surface area contributed by atoms with Crippen LogP contribution in [0.4, 0.5) is 5.00 Å². The summed E-state index contributed by atoms with van der Waals surface area (Å²) >= 11 is 7.04. The van der Waals surface area contributed by atoms with Crippen molar-refractivity contribution in [1.29, 1.82) is 0 Å². The predicted molar refractivity (Wildman–Crippen MR) is 101 cm³/mol. The van der Waals surface area contributed by atoms with E-state index in [9.17, 15) is 4.79 Å². The highest BCUT2D eigenvalue weighted by atomic mass is 32.1. The molecule has 1 aromatic rings. The van der Waals surface area contributed by atoms with Gasteiger partial charge in [-0.05, 0) is 71.2 Å². The van der Waals surface area contributed by atoms with E-state index in [4.69, 9.17) is 17.0 Å². The van der Waals surface area contributed by atoms with E-state index >= 15 is 0 Å².